The molecule has 0 bridgehead atoms. The van der Waals surface area contributed by atoms with Crippen molar-refractivity contribution in [2.24, 2.45) is 17.6 Å². The minimum atomic E-state index is -3.59. The minimum absolute atomic E-state index is 0.100. The number of benzene rings is 1. The van der Waals surface area contributed by atoms with Gasteiger partial charge in [-0.3, -0.25) is 9.10 Å². The van der Waals surface area contributed by atoms with Crippen molar-refractivity contribution in [1.29, 1.82) is 0 Å². The molecular weight excluding hydrogens is 469 g/mol. The standard InChI is InChI=1S/C25H36FN5O3S/c1-5-35(33,34)31(4)24-14-19(13-23(29-24)30(3)16-20-11-17(20)2)25(32)28-22(21(27)15-26)12-18-9-7-6-8-10-18/h6-10,13-14,17,20-22H,5,11-12,15-16,27H2,1-4H3,(H,28,32)/t17?,20?,21-,22-/m0/s1. The summed E-state index contributed by atoms with van der Waals surface area (Å²) in [5, 5.41) is 2.86. The van der Waals surface area contributed by atoms with Crippen LogP contribution < -0.4 is 20.3 Å². The first-order valence-corrected chi connectivity index (χ1v) is 13.5. The molecule has 10 heteroatoms. The number of anilines is 2. The molecule has 2 aromatic rings. The van der Waals surface area contributed by atoms with Gasteiger partial charge in [0.1, 0.15) is 18.3 Å². The van der Waals surface area contributed by atoms with Gasteiger partial charge in [-0.2, -0.15) is 0 Å². The third-order valence-corrected chi connectivity index (χ3v) is 8.40. The van der Waals surface area contributed by atoms with Crippen LogP contribution in [0.3, 0.4) is 0 Å². The van der Waals surface area contributed by atoms with Gasteiger partial charge in [0.2, 0.25) is 10.0 Å². The molecule has 1 aliphatic rings. The largest absolute Gasteiger partial charge is 0.359 e. The van der Waals surface area contributed by atoms with Crippen molar-refractivity contribution in [1.82, 2.24) is 10.3 Å². The molecule has 0 radical (unpaired) electrons. The Bertz CT molecular complexity index is 1120. The van der Waals surface area contributed by atoms with E-state index in [9.17, 15) is 17.6 Å². The molecule has 2 unspecified atom stereocenters. The van der Waals surface area contributed by atoms with Crippen molar-refractivity contribution < 1.29 is 17.6 Å². The highest BCUT2D eigenvalue weighted by molar-refractivity contribution is 7.92. The Hall–Kier alpha value is -2.72. The van der Waals surface area contributed by atoms with Gasteiger partial charge in [0.15, 0.2) is 0 Å². The number of nitrogens with one attached hydrogen (secondary N) is 1. The quantitative estimate of drug-likeness (QED) is 0.459. The van der Waals surface area contributed by atoms with Crippen LogP contribution >= 0.6 is 0 Å². The van der Waals surface area contributed by atoms with E-state index in [4.69, 9.17) is 5.73 Å². The lowest BCUT2D eigenvalue weighted by Gasteiger charge is -2.25. The van der Waals surface area contributed by atoms with E-state index in [0.717, 1.165) is 22.8 Å². The number of alkyl halides is 1. The number of hydrogen-bond donors (Lipinski definition) is 2. The molecule has 35 heavy (non-hydrogen) atoms. The Morgan fingerprint density at radius 2 is 1.86 bits per heavy atom. The van der Waals surface area contributed by atoms with Gasteiger partial charge < -0.3 is 16.0 Å². The summed E-state index contributed by atoms with van der Waals surface area (Å²) in [7, 11) is -0.283. The molecule has 1 saturated carbocycles. The maximum absolute atomic E-state index is 13.5. The molecule has 4 atom stereocenters. The van der Waals surface area contributed by atoms with E-state index < -0.39 is 34.7 Å². The molecule has 192 valence electrons. The third-order valence-electron chi connectivity index (χ3n) is 6.65. The number of hydrogen-bond acceptors (Lipinski definition) is 6. The minimum Gasteiger partial charge on any atom is -0.359 e. The predicted molar refractivity (Wildman–Crippen MR) is 138 cm³/mol. The highest BCUT2D eigenvalue weighted by atomic mass is 32.2. The molecule has 8 nitrogen and oxygen atoms in total. The fourth-order valence-corrected chi connectivity index (χ4v) is 4.73. The number of carbonyl (C=O) groups excluding carboxylic acids is 1. The highest BCUT2D eigenvalue weighted by Gasteiger charge is 2.34. The second-order valence-electron chi connectivity index (χ2n) is 9.38. The van der Waals surface area contributed by atoms with Gasteiger partial charge >= 0.3 is 0 Å². The van der Waals surface area contributed by atoms with Crippen LogP contribution in [-0.2, 0) is 16.4 Å². The normalized spacial score (nSPS) is 19.0. The lowest BCUT2D eigenvalue weighted by atomic mass is 10.00. The number of rotatable bonds is 12. The first-order chi connectivity index (χ1) is 16.6. The highest BCUT2D eigenvalue weighted by Crippen LogP contribution is 2.38. The first-order valence-electron chi connectivity index (χ1n) is 11.9. The van der Waals surface area contributed by atoms with Gasteiger partial charge in [0.05, 0.1) is 17.8 Å². The molecule has 1 aromatic heterocycles. The number of carbonyl (C=O) groups is 1. The van der Waals surface area contributed by atoms with Crippen LogP contribution in [0.5, 0.6) is 0 Å². The maximum Gasteiger partial charge on any atom is 0.251 e. The summed E-state index contributed by atoms with van der Waals surface area (Å²) in [6, 6.07) is 11.0. The number of pyridine rings is 1. The molecule has 1 heterocycles. The molecule has 0 spiro atoms. The molecule has 1 aliphatic carbocycles. The second kappa shape index (κ2) is 11.3. The summed E-state index contributed by atoms with van der Waals surface area (Å²) in [5.74, 6) is 1.26. The lowest BCUT2D eigenvalue weighted by molar-refractivity contribution is 0.0928. The summed E-state index contributed by atoms with van der Waals surface area (Å²) in [6.45, 7) is 3.71. The molecule has 0 aliphatic heterocycles. The van der Waals surface area contributed by atoms with Gasteiger partial charge in [-0.1, -0.05) is 37.3 Å². The summed E-state index contributed by atoms with van der Waals surface area (Å²) in [6.07, 6.45) is 1.50. The number of nitrogens with two attached hydrogens (primary N) is 1. The molecule has 1 amide bonds. The number of sulfonamides is 1. The summed E-state index contributed by atoms with van der Waals surface area (Å²) >= 11 is 0. The fraction of sp³-hybridized carbons (Fsp3) is 0.520. The first kappa shape index (κ1) is 26.9. The average molecular weight is 506 g/mol. The second-order valence-corrected chi connectivity index (χ2v) is 11.7. The van der Waals surface area contributed by atoms with Gasteiger partial charge in [0.25, 0.3) is 5.91 Å². The van der Waals surface area contributed by atoms with Gasteiger partial charge in [-0.05, 0) is 49.3 Å². The van der Waals surface area contributed by atoms with Crippen LogP contribution in [0.15, 0.2) is 42.5 Å². The van der Waals surface area contributed by atoms with E-state index in [0.29, 0.717) is 24.1 Å². The van der Waals surface area contributed by atoms with Crippen LogP contribution in [0.25, 0.3) is 0 Å². The van der Waals surface area contributed by atoms with Crippen molar-refractivity contribution in [3.05, 3.63) is 53.6 Å². The lowest BCUT2D eigenvalue weighted by Crippen LogP contribution is -2.50. The van der Waals surface area contributed by atoms with Crippen LogP contribution in [0, 0.1) is 11.8 Å². The summed E-state index contributed by atoms with van der Waals surface area (Å²) < 4.78 is 39.6. The van der Waals surface area contributed by atoms with Crippen molar-refractivity contribution in [3.63, 3.8) is 0 Å². The van der Waals surface area contributed by atoms with Crippen LogP contribution in [-0.4, -0.2) is 64.5 Å². The van der Waals surface area contributed by atoms with Gasteiger partial charge in [0, 0.05) is 26.2 Å². The zero-order valence-electron chi connectivity index (χ0n) is 20.8. The number of halogens is 1. The maximum atomic E-state index is 13.5. The monoisotopic (exact) mass is 505 g/mol. The van der Waals surface area contributed by atoms with E-state index in [2.05, 4.69) is 17.2 Å². The Kier molecular flexibility index (Phi) is 8.71. The Morgan fingerprint density at radius 3 is 2.43 bits per heavy atom. The van der Waals surface area contributed by atoms with Gasteiger partial charge in [-0.15, -0.1) is 0 Å². The molecule has 0 saturated heterocycles. The zero-order valence-corrected chi connectivity index (χ0v) is 21.6. The van der Waals surface area contributed by atoms with Crippen molar-refractivity contribution in [2.75, 3.05) is 42.3 Å². The SMILES string of the molecule is CCS(=O)(=O)N(C)c1cc(C(=O)N[C@@H](Cc2ccccc2)[C@@H](N)CF)cc(N(C)CC2CC2C)n1. The van der Waals surface area contributed by atoms with E-state index >= 15 is 0 Å². The summed E-state index contributed by atoms with van der Waals surface area (Å²) in [4.78, 5) is 19.8. The third kappa shape index (κ3) is 6.91. The van der Waals surface area contributed by atoms with Crippen LogP contribution in [0.4, 0.5) is 16.0 Å². The zero-order chi connectivity index (χ0) is 25.8. The van der Waals surface area contributed by atoms with Crippen molar-refractivity contribution >= 4 is 27.6 Å². The van der Waals surface area contributed by atoms with E-state index in [1.807, 2.05) is 42.3 Å². The van der Waals surface area contributed by atoms with E-state index in [1.54, 1.807) is 13.0 Å². The topological polar surface area (TPSA) is 109 Å². The van der Waals surface area contributed by atoms with Crippen LogP contribution in [0.2, 0.25) is 0 Å². The molecule has 1 fully saturated rings. The van der Waals surface area contributed by atoms with Crippen molar-refractivity contribution in [2.45, 2.75) is 38.8 Å². The van der Waals surface area contributed by atoms with Gasteiger partial charge in [-0.25, -0.2) is 17.8 Å². The van der Waals surface area contributed by atoms with E-state index in [-0.39, 0.29) is 17.1 Å². The number of nitrogens with zero attached hydrogens (tertiary/aromatic N) is 3. The Labute approximate surface area is 207 Å². The predicted octanol–water partition coefficient (Wildman–Crippen LogP) is 2.60. The number of amides is 1. The smallest absolute Gasteiger partial charge is 0.251 e. The van der Waals surface area contributed by atoms with E-state index in [1.165, 1.54) is 13.1 Å². The Balaban J connectivity index is 1.91. The van der Waals surface area contributed by atoms with Crippen molar-refractivity contribution in [3.8, 4) is 0 Å². The molecule has 1 aromatic carbocycles. The fourth-order valence-electron chi connectivity index (χ4n) is 3.96. The molecule has 3 rings (SSSR count). The molecular formula is C25H36FN5O3S. The molecule has 3 N–H and O–H groups in total. The summed E-state index contributed by atoms with van der Waals surface area (Å²) in [5.41, 5.74) is 7.16. The average Bonchev–Trinajstić information content (AvgIpc) is 3.56. The van der Waals surface area contributed by atoms with Crippen LogP contribution in [0.1, 0.15) is 36.2 Å². The Morgan fingerprint density at radius 1 is 1.23 bits per heavy atom. The number of aromatic nitrogens is 1.